The summed E-state index contributed by atoms with van der Waals surface area (Å²) in [7, 11) is 0. The molecular formula is C8H12IN3. The second kappa shape index (κ2) is 4.49. The maximum atomic E-state index is 5.66. The first-order valence-corrected chi connectivity index (χ1v) is 5.37. The van der Waals surface area contributed by atoms with E-state index >= 15 is 0 Å². The van der Waals surface area contributed by atoms with Crippen molar-refractivity contribution in [3.8, 4) is 0 Å². The monoisotopic (exact) mass is 277 g/mol. The van der Waals surface area contributed by atoms with Crippen molar-refractivity contribution in [1.29, 1.82) is 0 Å². The third-order valence-electron chi connectivity index (χ3n) is 1.52. The van der Waals surface area contributed by atoms with Crippen LogP contribution >= 0.6 is 22.6 Å². The second-order valence-corrected chi connectivity index (χ2v) is 3.27. The van der Waals surface area contributed by atoms with Crippen LogP contribution in [0.25, 0.3) is 6.08 Å². The molecule has 0 amide bonds. The Morgan fingerprint density at radius 3 is 2.92 bits per heavy atom. The van der Waals surface area contributed by atoms with Crippen molar-refractivity contribution >= 4 is 34.5 Å². The quantitative estimate of drug-likeness (QED) is 0.656. The lowest BCUT2D eigenvalue weighted by Gasteiger charge is -1.86. The van der Waals surface area contributed by atoms with E-state index in [1.54, 1.807) is 0 Å². The minimum absolute atomic E-state index is 0.591. The van der Waals surface area contributed by atoms with Gasteiger partial charge in [-0.1, -0.05) is 35.6 Å². The molecule has 0 aliphatic heterocycles. The van der Waals surface area contributed by atoms with Gasteiger partial charge in [0, 0.05) is 10.8 Å². The molecule has 0 spiro atoms. The number of nitrogens with zero attached hydrogens (tertiary/aromatic N) is 1. The molecule has 1 aromatic heterocycles. The van der Waals surface area contributed by atoms with Gasteiger partial charge in [-0.3, -0.25) is 0 Å². The van der Waals surface area contributed by atoms with Gasteiger partial charge < -0.3 is 10.7 Å². The number of nitrogens with two attached hydrogens (primary N) is 1. The summed E-state index contributed by atoms with van der Waals surface area (Å²) in [4.78, 5) is 7.29. The Balaban J connectivity index is 2.84. The van der Waals surface area contributed by atoms with Crippen LogP contribution in [0.2, 0.25) is 0 Å². The van der Waals surface area contributed by atoms with E-state index < -0.39 is 0 Å². The van der Waals surface area contributed by atoms with Gasteiger partial charge in [0.05, 0.1) is 5.69 Å². The third kappa shape index (κ3) is 2.23. The molecule has 0 radical (unpaired) electrons. The van der Waals surface area contributed by atoms with E-state index in [0.29, 0.717) is 5.82 Å². The molecule has 0 fully saturated rings. The maximum absolute atomic E-state index is 5.66. The highest BCUT2D eigenvalue weighted by Crippen LogP contribution is 2.10. The fourth-order valence-corrected chi connectivity index (χ4v) is 1.16. The smallest absolute Gasteiger partial charge is 0.149 e. The summed E-state index contributed by atoms with van der Waals surface area (Å²) in [6.07, 6.45) is 4.90. The Kier molecular flexibility index (Phi) is 3.58. The van der Waals surface area contributed by atoms with Gasteiger partial charge in [0.25, 0.3) is 0 Å². The minimum atomic E-state index is 0.591. The Hall–Kier alpha value is -0.520. The maximum Gasteiger partial charge on any atom is 0.149 e. The zero-order valence-electron chi connectivity index (χ0n) is 6.97. The predicted octanol–water partition coefficient (Wildman–Crippen LogP) is 2.00. The van der Waals surface area contributed by atoms with E-state index in [0.717, 1.165) is 22.4 Å². The van der Waals surface area contributed by atoms with Crippen LogP contribution in [0.4, 0.5) is 5.82 Å². The van der Waals surface area contributed by atoms with Crippen LogP contribution in [-0.2, 0) is 6.42 Å². The van der Waals surface area contributed by atoms with Crippen molar-refractivity contribution in [1.82, 2.24) is 9.97 Å². The van der Waals surface area contributed by atoms with E-state index in [4.69, 9.17) is 5.73 Å². The molecule has 0 aliphatic rings. The van der Waals surface area contributed by atoms with Gasteiger partial charge in [0.1, 0.15) is 11.6 Å². The molecule has 12 heavy (non-hydrogen) atoms. The standard InChI is InChI=1S/C8H12IN3/c1-2-7-11-6(4-3-5-9)8(10)12-7/h3-4H,2,5,10H2,1H3,(H,11,12)/b4-3-. The predicted molar refractivity (Wildman–Crippen MR) is 60.3 cm³/mol. The molecule has 66 valence electrons. The second-order valence-electron chi connectivity index (χ2n) is 2.39. The highest BCUT2D eigenvalue weighted by molar-refractivity contribution is 14.1. The molecule has 1 rings (SSSR count). The summed E-state index contributed by atoms with van der Waals surface area (Å²) in [5.41, 5.74) is 6.58. The van der Waals surface area contributed by atoms with Crippen molar-refractivity contribution in [3.63, 3.8) is 0 Å². The molecule has 3 N–H and O–H groups in total. The van der Waals surface area contributed by atoms with Crippen LogP contribution in [0.1, 0.15) is 18.4 Å². The summed E-state index contributed by atoms with van der Waals surface area (Å²) < 4.78 is 0.984. The number of nitrogen functional groups attached to an aromatic ring is 1. The number of halogens is 1. The molecule has 1 aromatic rings. The number of H-pyrrole nitrogens is 1. The molecule has 1 heterocycles. The van der Waals surface area contributed by atoms with Crippen LogP contribution in [0.3, 0.4) is 0 Å². The lowest BCUT2D eigenvalue weighted by Crippen LogP contribution is -1.86. The molecule has 3 nitrogen and oxygen atoms in total. The summed E-state index contributed by atoms with van der Waals surface area (Å²) in [6, 6.07) is 0. The number of hydrogen-bond acceptors (Lipinski definition) is 2. The van der Waals surface area contributed by atoms with E-state index in [1.807, 2.05) is 19.1 Å². The molecule has 0 bridgehead atoms. The normalized spacial score (nSPS) is 11.2. The largest absolute Gasteiger partial charge is 0.382 e. The van der Waals surface area contributed by atoms with Crippen molar-refractivity contribution < 1.29 is 0 Å². The number of aromatic amines is 1. The number of hydrogen-bond donors (Lipinski definition) is 2. The van der Waals surface area contributed by atoms with Crippen LogP contribution in [0.15, 0.2) is 6.08 Å². The van der Waals surface area contributed by atoms with Crippen molar-refractivity contribution in [2.24, 2.45) is 0 Å². The van der Waals surface area contributed by atoms with Crippen molar-refractivity contribution in [3.05, 3.63) is 17.6 Å². The number of nitrogens with one attached hydrogen (secondary N) is 1. The average molecular weight is 277 g/mol. The Bertz CT molecular complexity index is 278. The van der Waals surface area contributed by atoms with Gasteiger partial charge in [-0.05, 0) is 6.08 Å². The average Bonchev–Trinajstić information content (AvgIpc) is 2.43. The zero-order chi connectivity index (χ0) is 8.97. The molecule has 4 heteroatoms. The summed E-state index contributed by atoms with van der Waals surface area (Å²) >= 11 is 2.28. The summed E-state index contributed by atoms with van der Waals surface area (Å²) in [6.45, 7) is 2.05. The molecular weight excluding hydrogens is 265 g/mol. The number of aromatic nitrogens is 2. The zero-order valence-corrected chi connectivity index (χ0v) is 9.13. The van der Waals surface area contributed by atoms with Crippen molar-refractivity contribution in [2.75, 3.05) is 10.2 Å². The number of imidazole rings is 1. The molecule has 0 aromatic carbocycles. The number of anilines is 1. The van der Waals surface area contributed by atoms with Crippen LogP contribution in [0.5, 0.6) is 0 Å². The summed E-state index contributed by atoms with van der Waals surface area (Å²) in [5, 5.41) is 0. The fourth-order valence-electron chi connectivity index (χ4n) is 0.910. The van der Waals surface area contributed by atoms with Gasteiger partial charge in [-0.15, -0.1) is 0 Å². The fraction of sp³-hybridized carbons (Fsp3) is 0.375. The van der Waals surface area contributed by atoms with Gasteiger partial charge in [-0.25, -0.2) is 4.98 Å². The number of rotatable bonds is 3. The number of allylic oxidation sites excluding steroid dienone is 1. The van der Waals surface area contributed by atoms with Gasteiger partial charge in [0.2, 0.25) is 0 Å². The highest BCUT2D eigenvalue weighted by Gasteiger charge is 2.01. The topological polar surface area (TPSA) is 54.7 Å². The van der Waals surface area contributed by atoms with Crippen molar-refractivity contribution in [2.45, 2.75) is 13.3 Å². The summed E-state index contributed by atoms with van der Waals surface area (Å²) in [5.74, 6) is 1.54. The van der Waals surface area contributed by atoms with Crippen LogP contribution in [-0.4, -0.2) is 14.4 Å². The lowest BCUT2D eigenvalue weighted by atomic mass is 10.4. The highest BCUT2D eigenvalue weighted by atomic mass is 127. The Morgan fingerprint density at radius 2 is 2.42 bits per heavy atom. The first-order chi connectivity index (χ1) is 5.77. The molecule has 0 saturated heterocycles. The first-order valence-electron chi connectivity index (χ1n) is 3.84. The van der Waals surface area contributed by atoms with E-state index in [-0.39, 0.29) is 0 Å². The molecule has 0 atom stereocenters. The lowest BCUT2D eigenvalue weighted by molar-refractivity contribution is 0.989. The van der Waals surface area contributed by atoms with Gasteiger partial charge in [-0.2, -0.15) is 0 Å². The van der Waals surface area contributed by atoms with Crippen LogP contribution in [0, 0.1) is 0 Å². The molecule has 0 aliphatic carbocycles. The number of aryl methyl sites for hydroxylation is 1. The van der Waals surface area contributed by atoms with E-state index in [1.165, 1.54) is 0 Å². The van der Waals surface area contributed by atoms with E-state index in [2.05, 4.69) is 32.6 Å². The SMILES string of the molecule is CCc1nc(N)c(/C=C\CI)[nH]1. The van der Waals surface area contributed by atoms with E-state index in [9.17, 15) is 0 Å². The first kappa shape index (κ1) is 9.57. The van der Waals surface area contributed by atoms with Crippen LogP contribution < -0.4 is 5.73 Å². The molecule has 0 unspecified atom stereocenters. The molecule has 0 saturated carbocycles. The van der Waals surface area contributed by atoms with Gasteiger partial charge in [0.15, 0.2) is 0 Å². The number of alkyl halides is 1. The Morgan fingerprint density at radius 1 is 1.67 bits per heavy atom. The Labute approximate surface area is 85.6 Å². The van der Waals surface area contributed by atoms with Gasteiger partial charge >= 0.3 is 0 Å². The third-order valence-corrected chi connectivity index (χ3v) is 2.03. The minimum Gasteiger partial charge on any atom is -0.382 e.